The Labute approximate surface area is 112 Å². The third kappa shape index (κ3) is 1.95. The van der Waals surface area contributed by atoms with E-state index >= 15 is 0 Å². The molecule has 2 heterocycles. The molecular weight excluding hydrogens is 294 g/mol. The van der Waals surface area contributed by atoms with Gasteiger partial charge in [0.25, 0.3) is 0 Å². The van der Waals surface area contributed by atoms with Crippen molar-refractivity contribution < 1.29 is 9.53 Å². The van der Waals surface area contributed by atoms with Crippen LogP contribution < -0.4 is 0 Å². The van der Waals surface area contributed by atoms with E-state index in [2.05, 4.69) is 20.9 Å². The van der Waals surface area contributed by atoms with Gasteiger partial charge in [-0.25, -0.2) is 9.78 Å². The normalized spacial score (nSPS) is 15.6. The fourth-order valence-corrected chi connectivity index (χ4v) is 2.23. The number of carbonyl (C=O) groups is 1. The molecule has 2 aromatic rings. The number of hydrogen-bond acceptors (Lipinski definition) is 3. The van der Waals surface area contributed by atoms with E-state index < -0.39 is 0 Å². The maximum absolute atomic E-state index is 11.6. The van der Waals surface area contributed by atoms with E-state index in [9.17, 15) is 4.79 Å². The van der Waals surface area contributed by atoms with Crippen LogP contribution in [0.15, 0.2) is 47.2 Å². The summed E-state index contributed by atoms with van der Waals surface area (Å²) in [6.45, 7) is 0. The highest BCUT2D eigenvalue weighted by molar-refractivity contribution is 9.10. The standard InChI is InChI=1S/C14H8BrNO2/c15-13-8-9(5-6-16-13)7-12-10-3-1-2-4-11(10)14(17)18-12/h1-8H/b12-7-. The molecule has 1 aromatic carbocycles. The van der Waals surface area contributed by atoms with Crippen molar-refractivity contribution in [3.05, 3.63) is 63.9 Å². The first-order chi connectivity index (χ1) is 8.74. The van der Waals surface area contributed by atoms with Crippen LogP contribution in [0.3, 0.4) is 0 Å². The Balaban J connectivity index is 2.07. The van der Waals surface area contributed by atoms with E-state index in [0.29, 0.717) is 11.3 Å². The second kappa shape index (κ2) is 4.38. The zero-order chi connectivity index (χ0) is 12.5. The molecule has 3 nitrogen and oxygen atoms in total. The molecule has 1 aromatic heterocycles. The van der Waals surface area contributed by atoms with Crippen molar-refractivity contribution in [3.8, 4) is 0 Å². The molecule has 0 bridgehead atoms. The van der Waals surface area contributed by atoms with Gasteiger partial charge in [-0.1, -0.05) is 18.2 Å². The van der Waals surface area contributed by atoms with Crippen molar-refractivity contribution in [1.29, 1.82) is 0 Å². The van der Waals surface area contributed by atoms with Crippen molar-refractivity contribution in [1.82, 2.24) is 4.98 Å². The first kappa shape index (κ1) is 11.2. The molecule has 3 rings (SSSR count). The van der Waals surface area contributed by atoms with Gasteiger partial charge in [-0.15, -0.1) is 0 Å². The summed E-state index contributed by atoms with van der Waals surface area (Å²) in [7, 11) is 0. The van der Waals surface area contributed by atoms with Crippen molar-refractivity contribution in [2.75, 3.05) is 0 Å². The number of pyridine rings is 1. The quantitative estimate of drug-likeness (QED) is 0.598. The first-order valence-electron chi connectivity index (χ1n) is 5.39. The minimum atomic E-state index is -0.301. The summed E-state index contributed by atoms with van der Waals surface area (Å²) in [5.74, 6) is 0.277. The fourth-order valence-electron chi connectivity index (χ4n) is 1.85. The number of cyclic esters (lactones) is 1. The predicted octanol–water partition coefficient (Wildman–Crippen LogP) is 3.51. The summed E-state index contributed by atoms with van der Waals surface area (Å²) in [4.78, 5) is 15.7. The van der Waals surface area contributed by atoms with Crippen LogP contribution in [0.2, 0.25) is 0 Å². The Morgan fingerprint density at radius 3 is 2.72 bits per heavy atom. The van der Waals surface area contributed by atoms with E-state index in [4.69, 9.17) is 4.74 Å². The molecule has 0 saturated heterocycles. The number of carbonyl (C=O) groups excluding carboxylic acids is 1. The fraction of sp³-hybridized carbons (Fsp3) is 0. The average molecular weight is 302 g/mol. The van der Waals surface area contributed by atoms with Crippen LogP contribution in [-0.2, 0) is 4.74 Å². The molecule has 0 fully saturated rings. The van der Waals surface area contributed by atoms with Gasteiger partial charge in [-0.3, -0.25) is 0 Å². The van der Waals surface area contributed by atoms with Gasteiger partial charge in [0.05, 0.1) is 5.56 Å². The van der Waals surface area contributed by atoms with Crippen molar-refractivity contribution in [2.45, 2.75) is 0 Å². The largest absolute Gasteiger partial charge is 0.422 e. The van der Waals surface area contributed by atoms with Gasteiger partial charge in [0.15, 0.2) is 0 Å². The van der Waals surface area contributed by atoms with Gasteiger partial charge in [-0.2, -0.15) is 0 Å². The molecule has 0 amide bonds. The molecular formula is C14H8BrNO2. The van der Waals surface area contributed by atoms with Gasteiger partial charge in [0.1, 0.15) is 10.4 Å². The molecule has 4 heteroatoms. The number of fused-ring (bicyclic) bond motifs is 1. The Hall–Kier alpha value is -1.94. The molecule has 1 aliphatic heterocycles. The second-order valence-corrected chi connectivity index (χ2v) is 4.67. The number of halogens is 1. The minimum Gasteiger partial charge on any atom is -0.422 e. The maximum atomic E-state index is 11.6. The van der Waals surface area contributed by atoms with Crippen LogP contribution in [0, 0.1) is 0 Å². The topological polar surface area (TPSA) is 39.2 Å². The summed E-state index contributed by atoms with van der Waals surface area (Å²) in [6, 6.07) is 11.1. The van der Waals surface area contributed by atoms with E-state index in [1.165, 1.54) is 0 Å². The highest BCUT2D eigenvalue weighted by Gasteiger charge is 2.25. The van der Waals surface area contributed by atoms with Crippen LogP contribution in [0.25, 0.3) is 11.8 Å². The Morgan fingerprint density at radius 1 is 1.17 bits per heavy atom. The number of rotatable bonds is 1. The summed E-state index contributed by atoms with van der Waals surface area (Å²) >= 11 is 3.31. The molecule has 0 N–H and O–H groups in total. The van der Waals surface area contributed by atoms with Crippen molar-refractivity contribution in [2.24, 2.45) is 0 Å². The summed E-state index contributed by atoms with van der Waals surface area (Å²) in [6.07, 6.45) is 3.52. The van der Waals surface area contributed by atoms with Gasteiger partial charge in [-0.05, 0) is 45.8 Å². The lowest BCUT2D eigenvalue weighted by Crippen LogP contribution is -1.92. The number of ether oxygens (including phenoxy) is 1. The Bertz CT molecular complexity index is 664. The third-order valence-electron chi connectivity index (χ3n) is 2.66. The predicted molar refractivity (Wildman–Crippen MR) is 71.7 cm³/mol. The average Bonchev–Trinajstić information content (AvgIpc) is 2.67. The number of aromatic nitrogens is 1. The summed E-state index contributed by atoms with van der Waals surface area (Å²) in [5.41, 5.74) is 2.36. The lowest BCUT2D eigenvalue weighted by molar-refractivity contribution is 0.0717. The van der Waals surface area contributed by atoms with E-state index in [1.807, 2.05) is 36.4 Å². The van der Waals surface area contributed by atoms with Crippen molar-refractivity contribution in [3.63, 3.8) is 0 Å². The SMILES string of the molecule is O=C1O/C(=C\c2ccnc(Br)c2)c2ccccc21. The second-order valence-electron chi connectivity index (χ2n) is 3.86. The lowest BCUT2D eigenvalue weighted by atomic mass is 10.1. The molecule has 18 heavy (non-hydrogen) atoms. The van der Waals surface area contributed by atoms with Crippen LogP contribution >= 0.6 is 15.9 Å². The Kier molecular flexibility index (Phi) is 2.72. The first-order valence-corrected chi connectivity index (χ1v) is 6.18. The number of hydrogen-bond donors (Lipinski definition) is 0. The summed E-state index contributed by atoms with van der Waals surface area (Å²) in [5, 5.41) is 0. The van der Waals surface area contributed by atoms with Crippen LogP contribution in [0.1, 0.15) is 21.5 Å². The number of nitrogens with zero attached hydrogens (tertiary/aromatic N) is 1. The molecule has 0 atom stereocenters. The van der Waals surface area contributed by atoms with Crippen LogP contribution in [0.4, 0.5) is 0 Å². The zero-order valence-corrected chi connectivity index (χ0v) is 10.8. The number of benzene rings is 1. The highest BCUT2D eigenvalue weighted by atomic mass is 79.9. The number of esters is 1. The molecule has 0 unspecified atom stereocenters. The third-order valence-corrected chi connectivity index (χ3v) is 3.10. The minimum absolute atomic E-state index is 0.301. The zero-order valence-electron chi connectivity index (χ0n) is 9.26. The maximum Gasteiger partial charge on any atom is 0.344 e. The smallest absolute Gasteiger partial charge is 0.344 e. The monoisotopic (exact) mass is 301 g/mol. The van der Waals surface area contributed by atoms with E-state index in [1.54, 1.807) is 12.3 Å². The Morgan fingerprint density at radius 2 is 1.94 bits per heavy atom. The molecule has 0 saturated carbocycles. The van der Waals surface area contributed by atoms with Crippen molar-refractivity contribution >= 4 is 33.7 Å². The molecule has 0 aliphatic carbocycles. The van der Waals surface area contributed by atoms with Gasteiger partial charge >= 0.3 is 5.97 Å². The lowest BCUT2D eigenvalue weighted by Gasteiger charge is -1.99. The molecule has 1 aliphatic rings. The van der Waals surface area contributed by atoms with Gasteiger partial charge in [0, 0.05) is 11.8 Å². The molecule has 0 spiro atoms. The van der Waals surface area contributed by atoms with Gasteiger partial charge in [0.2, 0.25) is 0 Å². The van der Waals surface area contributed by atoms with Crippen LogP contribution in [-0.4, -0.2) is 11.0 Å². The summed E-state index contributed by atoms with van der Waals surface area (Å²) < 4.78 is 6.01. The van der Waals surface area contributed by atoms with E-state index in [-0.39, 0.29) is 5.97 Å². The molecule has 88 valence electrons. The van der Waals surface area contributed by atoms with Crippen LogP contribution in [0.5, 0.6) is 0 Å². The van der Waals surface area contributed by atoms with E-state index in [0.717, 1.165) is 15.7 Å². The highest BCUT2D eigenvalue weighted by Crippen LogP contribution is 2.31. The molecule has 0 radical (unpaired) electrons. The van der Waals surface area contributed by atoms with Gasteiger partial charge < -0.3 is 4.74 Å².